The Bertz CT molecular complexity index is 1880. The molecule has 271 valence electrons. The van der Waals surface area contributed by atoms with E-state index in [4.69, 9.17) is 9.40 Å². The molecule has 5 rings (SSSR count). The van der Waals surface area contributed by atoms with Crippen molar-refractivity contribution in [2.24, 2.45) is 17.8 Å². The molecule has 0 saturated heterocycles. The Morgan fingerprint density at radius 1 is 0.840 bits per heavy atom. The SMILES string of the molecule is CCC(CC)C(=O)/C=C(\O)C(CC)CC.C[CH2][Ge]([CH2]C)([CH2]C)[c]1cc(-c2ncnc3c2oc2c(CC(C)C)cccc23)[c-]c2ccccc12.[Ir]. The van der Waals surface area contributed by atoms with Crippen LogP contribution in [0.2, 0.25) is 15.8 Å². The van der Waals surface area contributed by atoms with Gasteiger partial charge in [0.1, 0.15) is 0 Å². The second-order valence-corrected chi connectivity index (χ2v) is 24.8. The van der Waals surface area contributed by atoms with Crippen molar-refractivity contribution in [1.82, 2.24) is 9.97 Å². The summed E-state index contributed by atoms with van der Waals surface area (Å²) in [5, 5.41) is 17.2. The first kappa shape index (κ1) is 41.6. The number of furan rings is 1. The van der Waals surface area contributed by atoms with Gasteiger partial charge in [0.05, 0.1) is 5.76 Å². The van der Waals surface area contributed by atoms with Crippen LogP contribution in [0.5, 0.6) is 0 Å². The van der Waals surface area contributed by atoms with Gasteiger partial charge in [-0.2, -0.15) is 0 Å². The van der Waals surface area contributed by atoms with Gasteiger partial charge in [-0.25, -0.2) is 0 Å². The van der Waals surface area contributed by atoms with Gasteiger partial charge in [0.15, 0.2) is 5.78 Å². The van der Waals surface area contributed by atoms with Crippen LogP contribution < -0.4 is 4.40 Å². The van der Waals surface area contributed by atoms with Crippen LogP contribution in [0, 0.1) is 23.8 Å². The third-order valence-corrected chi connectivity index (χ3v) is 22.5. The van der Waals surface area contributed by atoms with E-state index in [9.17, 15) is 9.90 Å². The fourth-order valence-corrected chi connectivity index (χ4v) is 15.5. The predicted molar refractivity (Wildman–Crippen MR) is 210 cm³/mol. The Balaban J connectivity index is 0.000000361. The molecule has 0 fully saturated rings. The van der Waals surface area contributed by atoms with E-state index in [0.717, 1.165) is 65.4 Å². The van der Waals surface area contributed by atoms with Gasteiger partial charge in [0.2, 0.25) is 0 Å². The molecule has 1 radical (unpaired) electrons. The van der Waals surface area contributed by atoms with E-state index in [1.54, 1.807) is 10.7 Å². The quantitative estimate of drug-likeness (QED) is 0.0520. The number of para-hydroxylation sites is 1. The maximum absolute atomic E-state index is 11.7. The number of carbonyl (C=O) groups is 1. The van der Waals surface area contributed by atoms with Crippen molar-refractivity contribution in [1.29, 1.82) is 0 Å². The van der Waals surface area contributed by atoms with Gasteiger partial charge in [-0.15, -0.1) is 0 Å². The number of rotatable bonds is 14. The van der Waals surface area contributed by atoms with Crippen LogP contribution in [0.15, 0.2) is 71.1 Å². The normalized spacial score (nSPS) is 12.2. The smallest absolute Gasteiger partial charge is 0 e. The van der Waals surface area contributed by atoms with Gasteiger partial charge in [0, 0.05) is 38.0 Å². The van der Waals surface area contributed by atoms with Crippen molar-refractivity contribution in [2.45, 2.75) is 110 Å². The van der Waals surface area contributed by atoms with Crippen LogP contribution in [-0.4, -0.2) is 34.1 Å². The van der Waals surface area contributed by atoms with E-state index in [-0.39, 0.29) is 43.5 Å². The monoisotopic (exact) mass is 916 g/mol. The van der Waals surface area contributed by atoms with Gasteiger partial charge in [0.25, 0.3) is 0 Å². The number of benzene rings is 3. The number of nitrogens with zero attached hydrogens (tertiary/aromatic N) is 2. The summed E-state index contributed by atoms with van der Waals surface area (Å²) in [7, 11) is 0. The van der Waals surface area contributed by atoms with E-state index in [0.29, 0.717) is 5.92 Å². The first-order valence-electron chi connectivity index (χ1n) is 18.7. The number of allylic oxidation sites excluding steroid dienone is 2. The molecule has 50 heavy (non-hydrogen) atoms. The fourth-order valence-electron chi connectivity index (χ4n) is 7.35. The maximum Gasteiger partial charge on any atom is 0 e. The molecular weight excluding hydrogens is 857 g/mol. The molecule has 0 unspecified atom stereocenters. The van der Waals surface area contributed by atoms with Gasteiger partial charge in [-0.3, -0.25) is 4.79 Å². The minimum absolute atomic E-state index is 0. The zero-order valence-electron chi connectivity index (χ0n) is 31.7. The molecule has 0 aliphatic heterocycles. The van der Waals surface area contributed by atoms with Crippen molar-refractivity contribution in [2.75, 3.05) is 0 Å². The Kier molecular flexibility index (Phi) is 15.9. The van der Waals surface area contributed by atoms with Gasteiger partial charge < -0.3 is 5.11 Å². The van der Waals surface area contributed by atoms with E-state index in [1.807, 2.05) is 27.7 Å². The minimum Gasteiger partial charge on any atom is 0 e. The van der Waals surface area contributed by atoms with Crippen LogP contribution in [0.4, 0.5) is 0 Å². The molecule has 7 heteroatoms. The van der Waals surface area contributed by atoms with Crippen LogP contribution in [0.1, 0.15) is 93.6 Å². The van der Waals surface area contributed by atoms with Crippen molar-refractivity contribution < 1.29 is 34.4 Å². The molecule has 3 aromatic carbocycles. The summed E-state index contributed by atoms with van der Waals surface area (Å²) in [6.45, 7) is 19.7. The summed E-state index contributed by atoms with van der Waals surface area (Å²) in [5.74, 6) is 1.10. The van der Waals surface area contributed by atoms with E-state index in [1.165, 1.54) is 38.2 Å². The minimum atomic E-state index is -2.26. The predicted octanol–water partition coefficient (Wildman–Crippen LogP) is 11.8. The number of hydrogen-bond acceptors (Lipinski definition) is 5. The van der Waals surface area contributed by atoms with Crippen molar-refractivity contribution in [3.8, 4) is 11.3 Å². The molecule has 2 aromatic heterocycles. The van der Waals surface area contributed by atoms with E-state index < -0.39 is 13.3 Å². The Hall–Kier alpha value is -2.80. The molecule has 0 saturated carbocycles. The Morgan fingerprint density at radius 2 is 1.46 bits per heavy atom. The molecule has 5 aromatic rings. The molecule has 0 bridgehead atoms. The van der Waals surface area contributed by atoms with Crippen LogP contribution in [0.3, 0.4) is 0 Å². The van der Waals surface area contributed by atoms with Crippen LogP contribution >= 0.6 is 0 Å². The zero-order chi connectivity index (χ0) is 35.7. The topological polar surface area (TPSA) is 76.2 Å². The van der Waals surface area contributed by atoms with Gasteiger partial charge in [-0.1, -0.05) is 27.7 Å². The summed E-state index contributed by atoms with van der Waals surface area (Å²) in [4.78, 5) is 21.1. The molecule has 2 heterocycles. The van der Waals surface area contributed by atoms with Crippen LogP contribution in [-0.2, 0) is 31.3 Å². The third-order valence-electron chi connectivity index (χ3n) is 10.7. The summed E-state index contributed by atoms with van der Waals surface area (Å²) in [6.07, 6.45) is 7.56. The Morgan fingerprint density at radius 3 is 2.06 bits per heavy atom. The van der Waals surface area contributed by atoms with Crippen molar-refractivity contribution in [3.63, 3.8) is 0 Å². The number of carbonyl (C=O) groups excluding carboxylic acids is 1. The first-order valence-corrected chi connectivity index (χ1v) is 24.2. The molecular formula is C43H57GeIrN2O3-. The summed E-state index contributed by atoms with van der Waals surface area (Å²) < 4.78 is 8.13. The largest absolute Gasteiger partial charge is 0 e. The molecule has 0 amide bonds. The third kappa shape index (κ3) is 8.97. The van der Waals surface area contributed by atoms with Gasteiger partial charge >= 0.3 is 205 Å². The second kappa shape index (κ2) is 19.2. The van der Waals surface area contributed by atoms with Crippen molar-refractivity contribution in [3.05, 3.63) is 78.3 Å². The summed E-state index contributed by atoms with van der Waals surface area (Å²) in [5.41, 5.74) is 5.71. The van der Waals surface area contributed by atoms with E-state index in [2.05, 4.69) is 94.2 Å². The molecule has 5 nitrogen and oxygen atoms in total. The van der Waals surface area contributed by atoms with Gasteiger partial charge in [-0.05, 0) is 25.7 Å². The Labute approximate surface area is 316 Å². The average Bonchev–Trinajstić information content (AvgIpc) is 3.50. The molecule has 0 aliphatic rings. The average molecular weight is 915 g/mol. The van der Waals surface area contributed by atoms with Crippen LogP contribution in [0.25, 0.3) is 44.1 Å². The number of aliphatic hydroxyl groups excluding tert-OH is 1. The molecule has 1 N–H and O–H groups in total. The number of ketones is 1. The molecule has 0 spiro atoms. The second-order valence-electron chi connectivity index (χ2n) is 13.9. The number of fused-ring (bicyclic) bond motifs is 4. The maximum atomic E-state index is 11.7. The number of hydrogen-bond donors (Lipinski definition) is 1. The summed E-state index contributed by atoms with van der Waals surface area (Å²) >= 11 is -2.26. The van der Waals surface area contributed by atoms with E-state index >= 15 is 0 Å². The summed E-state index contributed by atoms with van der Waals surface area (Å²) in [6, 6.07) is 21.2. The first-order chi connectivity index (χ1) is 23.6. The van der Waals surface area contributed by atoms with Crippen molar-refractivity contribution >= 4 is 56.3 Å². The number of aliphatic hydroxyl groups is 1. The molecule has 0 aliphatic carbocycles. The zero-order valence-corrected chi connectivity index (χ0v) is 36.1. The fraction of sp³-hybridized carbons (Fsp3) is 0.465. The number of aromatic nitrogens is 2. The molecule has 0 atom stereocenters. The standard InChI is InChI=1S/C30H33GeN2O.C13H24O2.Ir/c1-6-31(7-2,8-3)26-18-23(17-21-12-9-10-14-24(21)26)27-30-28(33-19-32-27)25-15-11-13-22(16-20(4)5)29(25)34-30;1-5-10(6-2)12(14)9-13(15)11(7-3)8-4;/h9-15,18-20H,6-8,16H2,1-5H3;9-11,14H,5-8H2,1-4H3;/q-1;;/b;12-9-;.